The van der Waals surface area contributed by atoms with Crippen LogP contribution in [-0.4, -0.2) is 17.1 Å². The molecule has 1 atom stereocenters. The first-order valence-corrected chi connectivity index (χ1v) is 5.18. The molecule has 19 heavy (non-hydrogen) atoms. The second-order valence-electron chi connectivity index (χ2n) is 3.88. The Bertz CT molecular complexity index is 511. The van der Waals surface area contributed by atoms with Gasteiger partial charge >= 0.3 is 12.1 Å². The fraction of sp³-hybridized carbons (Fsp3) is 0.250. The summed E-state index contributed by atoms with van der Waals surface area (Å²) in [5.74, 6) is -2.14. The van der Waals surface area contributed by atoms with Crippen LogP contribution in [0.1, 0.15) is 18.1 Å². The van der Waals surface area contributed by atoms with E-state index in [1.54, 1.807) is 0 Å². The van der Waals surface area contributed by atoms with E-state index in [4.69, 9.17) is 5.11 Å². The summed E-state index contributed by atoms with van der Waals surface area (Å²) in [6.07, 6.45) is -4.61. The van der Waals surface area contributed by atoms with Crippen molar-refractivity contribution < 1.29 is 27.5 Å². The van der Waals surface area contributed by atoms with Crippen LogP contribution in [0.5, 0.6) is 0 Å². The van der Waals surface area contributed by atoms with E-state index in [0.29, 0.717) is 18.2 Å². The van der Waals surface area contributed by atoms with Crippen LogP contribution in [0.2, 0.25) is 0 Å². The molecule has 1 aromatic carbocycles. The van der Waals surface area contributed by atoms with Gasteiger partial charge in [-0.25, -0.2) is 4.39 Å². The van der Waals surface area contributed by atoms with Gasteiger partial charge in [0.25, 0.3) is 0 Å². The third-order valence-corrected chi connectivity index (χ3v) is 2.38. The number of alkyl halides is 3. The Morgan fingerprint density at radius 3 is 2.47 bits per heavy atom. The molecule has 3 nitrogen and oxygen atoms in total. The maximum atomic E-state index is 13.4. The Hall–Kier alpha value is -2.05. The zero-order valence-corrected chi connectivity index (χ0v) is 9.88. The SMILES string of the molecule is C=C(N[C@H](C)C(=O)O)c1cc(C(F)(F)F)ccc1F. The molecule has 0 heterocycles. The normalized spacial score (nSPS) is 12.9. The Morgan fingerprint density at radius 1 is 1.42 bits per heavy atom. The van der Waals surface area contributed by atoms with Crippen molar-refractivity contribution in [2.45, 2.75) is 19.1 Å². The lowest BCUT2D eigenvalue weighted by atomic mass is 10.1. The summed E-state index contributed by atoms with van der Waals surface area (Å²) in [5, 5.41) is 11.0. The molecule has 0 radical (unpaired) electrons. The Morgan fingerprint density at radius 2 is 2.00 bits per heavy atom. The molecule has 7 heteroatoms. The summed E-state index contributed by atoms with van der Waals surface area (Å²) in [4.78, 5) is 10.6. The standard InChI is InChI=1S/C12H11F4NO2/c1-6(17-7(2)11(18)19)9-5-8(12(14,15)16)3-4-10(9)13/h3-5,7,17H,1H2,2H3,(H,18,19)/t7-/m1/s1. The van der Waals surface area contributed by atoms with Crippen molar-refractivity contribution in [1.82, 2.24) is 5.32 Å². The van der Waals surface area contributed by atoms with E-state index in [0.717, 1.165) is 0 Å². The molecule has 0 unspecified atom stereocenters. The fourth-order valence-corrected chi connectivity index (χ4v) is 1.33. The zero-order chi connectivity index (χ0) is 14.8. The lowest BCUT2D eigenvalue weighted by molar-refractivity contribution is -0.139. The van der Waals surface area contributed by atoms with E-state index in [9.17, 15) is 22.4 Å². The molecule has 0 aliphatic heterocycles. The van der Waals surface area contributed by atoms with Gasteiger partial charge in [0.1, 0.15) is 11.9 Å². The van der Waals surface area contributed by atoms with Gasteiger partial charge in [0, 0.05) is 11.3 Å². The van der Waals surface area contributed by atoms with E-state index >= 15 is 0 Å². The molecule has 0 spiro atoms. The molecule has 0 fully saturated rings. The van der Waals surface area contributed by atoms with Gasteiger partial charge in [-0.15, -0.1) is 0 Å². The van der Waals surface area contributed by atoms with Gasteiger partial charge in [-0.2, -0.15) is 13.2 Å². The second kappa shape index (κ2) is 5.29. The van der Waals surface area contributed by atoms with E-state index in [1.165, 1.54) is 6.92 Å². The molecule has 0 saturated heterocycles. The van der Waals surface area contributed by atoms with E-state index in [-0.39, 0.29) is 5.70 Å². The second-order valence-corrected chi connectivity index (χ2v) is 3.88. The molecule has 1 rings (SSSR count). The van der Waals surface area contributed by atoms with Crippen LogP contribution in [0, 0.1) is 5.82 Å². The number of rotatable bonds is 4. The molecule has 1 aromatic rings. The number of hydrogen-bond acceptors (Lipinski definition) is 2. The number of carbonyl (C=O) groups is 1. The van der Waals surface area contributed by atoms with Crippen molar-refractivity contribution in [2.75, 3.05) is 0 Å². The maximum absolute atomic E-state index is 13.4. The largest absolute Gasteiger partial charge is 0.480 e. The lowest BCUT2D eigenvalue weighted by Crippen LogP contribution is -2.32. The molecule has 0 amide bonds. The number of hydrogen-bond donors (Lipinski definition) is 2. The monoisotopic (exact) mass is 277 g/mol. The third-order valence-electron chi connectivity index (χ3n) is 2.38. The summed E-state index contributed by atoms with van der Waals surface area (Å²) >= 11 is 0. The van der Waals surface area contributed by atoms with Crippen LogP contribution < -0.4 is 5.32 Å². The van der Waals surface area contributed by atoms with Crippen molar-refractivity contribution >= 4 is 11.7 Å². The average Bonchev–Trinajstić information content (AvgIpc) is 2.27. The molecule has 0 aromatic heterocycles. The first-order valence-electron chi connectivity index (χ1n) is 5.18. The lowest BCUT2D eigenvalue weighted by Gasteiger charge is -2.15. The highest BCUT2D eigenvalue weighted by Crippen LogP contribution is 2.31. The van der Waals surface area contributed by atoms with Crippen molar-refractivity contribution in [3.8, 4) is 0 Å². The molecule has 0 aliphatic rings. The van der Waals surface area contributed by atoms with Gasteiger partial charge in [-0.3, -0.25) is 4.79 Å². The number of nitrogens with one attached hydrogen (secondary N) is 1. The van der Waals surface area contributed by atoms with Crippen LogP contribution in [-0.2, 0) is 11.0 Å². The van der Waals surface area contributed by atoms with Gasteiger partial charge in [0.05, 0.1) is 5.56 Å². The minimum Gasteiger partial charge on any atom is -0.480 e. The van der Waals surface area contributed by atoms with Gasteiger partial charge in [0.2, 0.25) is 0 Å². The molecular weight excluding hydrogens is 266 g/mol. The first kappa shape index (κ1) is 15.0. The van der Waals surface area contributed by atoms with Crippen LogP contribution in [0.15, 0.2) is 24.8 Å². The minimum atomic E-state index is -4.61. The number of halogens is 4. The number of aliphatic carboxylic acids is 1. The third kappa shape index (κ3) is 3.70. The summed E-state index contributed by atoms with van der Waals surface area (Å²) in [7, 11) is 0. The number of carboxylic acids is 1. The Kier molecular flexibility index (Phi) is 4.18. The van der Waals surface area contributed by atoms with E-state index in [2.05, 4.69) is 11.9 Å². The summed E-state index contributed by atoms with van der Waals surface area (Å²) in [6.45, 7) is 4.61. The maximum Gasteiger partial charge on any atom is 0.416 e. The number of benzene rings is 1. The molecule has 104 valence electrons. The molecule has 0 saturated carbocycles. The molecule has 2 N–H and O–H groups in total. The average molecular weight is 277 g/mol. The number of carboxylic acid groups (broad SMARTS) is 1. The molecule has 0 bridgehead atoms. The van der Waals surface area contributed by atoms with E-state index < -0.39 is 35.1 Å². The van der Waals surface area contributed by atoms with Crippen molar-refractivity contribution in [1.29, 1.82) is 0 Å². The summed E-state index contributed by atoms with van der Waals surface area (Å²) < 4.78 is 50.9. The predicted molar refractivity (Wildman–Crippen MR) is 60.7 cm³/mol. The van der Waals surface area contributed by atoms with Crippen molar-refractivity contribution in [3.63, 3.8) is 0 Å². The first-order chi connectivity index (χ1) is 8.62. The highest BCUT2D eigenvalue weighted by Gasteiger charge is 2.31. The van der Waals surface area contributed by atoms with Crippen LogP contribution >= 0.6 is 0 Å². The van der Waals surface area contributed by atoms with Crippen molar-refractivity contribution in [3.05, 3.63) is 41.7 Å². The van der Waals surface area contributed by atoms with Gasteiger partial charge in [-0.1, -0.05) is 6.58 Å². The van der Waals surface area contributed by atoms with E-state index in [1.807, 2.05) is 0 Å². The van der Waals surface area contributed by atoms with Crippen LogP contribution in [0.25, 0.3) is 5.70 Å². The van der Waals surface area contributed by atoms with Gasteiger partial charge in [0.15, 0.2) is 0 Å². The van der Waals surface area contributed by atoms with Gasteiger partial charge in [-0.05, 0) is 25.1 Å². The van der Waals surface area contributed by atoms with Crippen molar-refractivity contribution in [2.24, 2.45) is 0 Å². The zero-order valence-electron chi connectivity index (χ0n) is 9.88. The fourth-order valence-electron chi connectivity index (χ4n) is 1.33. The topological polar surface area (TPSA) is 49.3 Å². The minimum absolute atomic E-state index is 0.224. The Labute approximate surface area is 106 Å². The predicted octanol–water partition coefficient (Wildman–Crippen LogP) is 2.88. The van der Waals surface area contributed by atoms with Gasteiger partial charge < -0.3 is 10.4 Å². The highest BCUT2D eigenvalue weighted by molar-refractivity contribution is 5.76. The quantitative estimate of drug-likeness (QED) is 0.832. The summed E-state index contributed by atoms with van der Waals surface area (Å²) in [6, 6.07) is 0.754. The highest BCUT2D eigenvalue weighted by atomic mass is 19.4. The Balaban J connectivity index is 3.06. The van der Waals surface area contributed by atoms with Crippen LogP contribution in [0.3, 0.4) is 0 Å². The van der Waals surface area contributed by atoms with Crippen LogP contribution in [0.4, 0.5) is 17.6 Å². The summed E-state index contributed by atoms with van der Waals surface area (Å²) in [5.41, 5.74) is -1.67. The smallest absolute Gasteiger partial charge is 0.416 e. The molecule has 0 aliphatic carbocycles. The molecular formula is C12H11F4NO2.